The van der Waals surface area contributed by atoms with Gasteiger partial charge >= 0.3 is 0 Å². The summed E-state index contributed by atoms with van der Waals surface area (Å²) in [6.45, 7) is 0. The van der Waals surface area contributed by atoms with E-state index >= 15 is 0 Å². The second-order valence-electron chi connectivity index (χ2n) is 5.88. The Morgan fingerprint density at radius 1 is 1.21 bits per heavy atom. The van der Waals surface area contributed by atoms with Crippen molar-refractivity contribution in [2.24, 2.45) is 0 Å². The van der Waals surface area contributed by atoms with Crippen molar-refractivity contribution >= 4 is 5.91 Å². The molecule has 2 heterocycles. The Morgan fingerprint density at radius 3 is 2.62 bits per heavy atom. The van der Waals surface area contributed by atoms with Crippen molar-refractivity contribution in [3.05, 3.63) is 36.2 Å². The van der Waals surface area contributed by atoms with E-state index < -0.39 is 0 Å². The first-order valence-electron chi connectivity index (χ1n) is 8.10. The molecule has 1 aliphatic rings. The number of carbonyl (C=O) groups is 1. The van der Waals surface area contributed by atoms with Crippen LogP contribution in [0.15, 0.2) is 30.6 Å². The van der Waals surface area contributed by atoms with Crippen molar-refractivity contribution in [3.8, 4) is 11.8 Å². The molecule has 0 unspecified atom stereocenters. The van der Waals surface area contributed by atoms with E-state index in [9.17, 15) is 4.79 Å². The summed E-state index contributed by atoms with van der Waals surface area (Å²) in [5.74, 6) is 0.532. The summed E-state index contributed by atoms with van der Waals surface area (Å²) in [5.41, 5.74) is 0.424. The summed E-state index contributed by atoms with van der Waals surface area (Å²) in [6.07, 6.45) is 7.67. The zero-order valence-corrected chi connectivity index (χ0v) is 13.9. The molecular formula is C17H22N4O3. The lowest BCUT2D eigenvalue weighted by molar-refractivity contribution is 0.0917. The Balaban J connectivity index is 1.60. The average molecular weight is 330 g/mol. The number of rotatable bonds is 5. The van der Waals surface area contributed by atoms with E-state index in [0.29, 0.717) is 17.5 Å². The molecule has 0 bridgehead atoms. The zero-order chi connectivity index (χ0) is 16.9. The van der Waals surface area contributed by atoms with Gasteiger partial charge in [-0.1, -0.05) is 0 Å². The van der Waals surface area contributed by atoms with Gasteiger partial charge in [-0.2, -0.15) is 10.1 Å². The van der Waals surface area contributed by atoms with Crippen LogP contribution in [-0.2, 0) is 0 Å². The minimum Gasteiger partial charge on any atom is -0.481 e. The van der Waals surface area contributed by atoms with Crippen LogP contribution in [0, 0.1) is 0 Å². The third-order valence-corrected chi connectivity index (χ3v) is 4.41. The van der Waals surface area contributed by atoms with Gasteiger partial charge in [0.05, 0.1) is 20.3 Å². The Labute approximate surface area is 141 Å². The number of hydrogen-bond donors (Lipinski definition) is 1. The first-order valence-corrected chi connectivity index (χ1v) is 8.10. The Hall–Kier alpha value is -2.57. The average Bonchev–Trinajstić information content (AvgIpc) is 3.16. The van der Waals surface area contributed by atoms with Gasteiger partial charge in [-0.3, -0.25) is 9.48 Å². The number of carbonyl (C=O) groups excluding carboxylic acids is 1. The molecule has 0 atom stereocenters. The molecule has 1 saturated carbocycles. The second-order valence-corrected chi connectivity index (χ2v) is 5.88. The van der Waals surface area contributed by atoms with E-state index in [-0.39, 0.29) is 17.8 Å². The molecule has 1 fully saturated rings. The monoisotopic (exact) mass is 330 g/mol. The maximum atomic E-state index is 12.5. The summed E-state index contributed by atoms with van der Waals surface area (Å²) in [6, 6.07) is 5.86. The van der Waals surface area contributed by atoms with Gasteiger partial charge < -0.3 is 14.8 Å². The number of ether oxygens (including phenoxy) is 2. The second kappa shape index (κ2) is 7.33. The third-order valence-electron chi connectivity index (χ3n) is 4.41. The number of aromatic nitrogens is 3. The number of nitrogens with zero attached hydrogens (tertiary/aromatic N) is 3. The maximum Gasteiger partial charge on any atom is 0.256 e. The summed E-state index contributed by atoms with van der Waals surface area (Å²) >= 11 is 0. The van der Waals surface area contributed by atoms with Crippen molar-refractivity contribution in [2.45, 2.75) is 37.8 Å². The molecule has 0 spiro atoms. The van der Waals surface area contributed by atoms with Crippen LogP contribution in [0.1, 0.15) is 42.1 Å². The van der Waals surface area contributed by atoms with E-state index in [1.54, 1.807) is 18.3 Å². The fourth-order valence-corrected chi connectivity index (χ4v) is 3.11. The molecule has 1 N–H and O–H groups in total. The highest BCUT2D eigenvalue weighted by Crippen LogP contribution is 2.28. The van der Waals surface area contributed by atoms with Gasteiger partial charge in [-0.25, -0.2) is 0 Å². The lowest BCUT2D eigenvalue weighted by Crippen LogP contribution is -2.38. The van der Waals surface area contributed by atoms with Crippen molar-refractivity contribution in [1.29, 1.82) is 0 Å². The first-order chi connectivity index (χ1) is 11.7. The number of hydrogen-bond acceptors (Lipinski definition) is 5. The molecule has 2 aromatic rings. The maximum absolute atomic E-state index is 12.5. The first kappa shape index (κ1) is 16.3. The van der Waals surface area contributed by atoms with Crippen molar-refractivity contribution in [2.75, 3.05) is 14.2 Å². The highest BCUT2D eigenvalue weighted by molar-refractivity contribution is 5.96. The quantitative estimate of drug-likeness (QED) is 0.909. The molecule has 24 heavy (non-hydrogen) atoms. The Morgan fingerprint density at radius 2 is 2.00 bits per heavy atom. The molecule has 7 nitrogen and oxygen atoms in total. The standard InChI is InChI=1S/C17H22N4O3/c1-23-15-9-8-14(17(20-15)24-2)16(22)19-12-4-6-13(7-5-12)21-11-3-10-18-21/h3,8-13H,4-7H2,1-2H3,(H,19,22). The van der Waals surface area contributed by atoms with Gasteiger partial charge in [0.25, 0.3) is 5.91 Å². The molecule has 7 heteroatoms. The molecule has 1 aliphatic carbocycles. The molecular weight excluding hydrogens is 308 g/mol. The van der Waals surface area contributed by atoms with Crippen LogP contribution >= 0.6 is 0 Å². The highest BCUT2D eigenvalue weighted by atomic mass is 16.5. The van der Waals surface area contributed by atoms with Crippen LogP contribution in [0.4, 0.5) is 0 Å². The molecule has 2 aromatic heterocycles. The zero-order valence-electron chi connectivity index (χ0n) is 13.9. The van der Waals surface area contributed by atoms with Crippen LogP contribution in [0.25, 0.3) is 0 Å². The van der Waals surface area contributed by atoms with E-state index in [1.807, 2.05) is 16.9 Å². The van der Waals surface area contributed by atoms with Gasteiger partial charge in [0.1, 0.15) is 5.56 Å². The topological polar surface area (TPSA) is 78.3 Å². The molecule has 128 valence electrons. The van der Waals surface area contributed by atoms with Crippen molar-refractivity contribution in [3.63, 3.8) is 0 Å². The van der Waals surface area contributed by atoms with Gasteiger partial charge in [0, 0.05) is 24.5 Å². The minimum absolute atomic E-state index is 0.162. The van der Waals surface area contributed by atoms with E-state index in [1.165, 1.54) is 14.2 Å². The smallest absolute Gasteiger partial charge is 0.256 e. The van der Waals surface area contributed by atoms with Crippen molar-refractivity contribution < 1.29 is 14.3 Å². The molecule has 0 saturated heterocycles. The number of nitrogens with one attached hydrogen (secondary N) is 1. The highest BCUT2D eigenvalue weighted by Gasteiger charge is 2.25. The summed E-state index contributed by atoms with van der Waals surface area (Å²) in [5, 5.41) is 7.39. The van der Waals surface area contributed by atoms with Gasteiger partial charge in [0.15, 0.2) is 0 Å². The third kappa shape index (κ3) is 3.50. The van der Waals surface area contributed by atoms with Crippen LogP contribution in [0.2, 0.25) is 0 Å². The van der Waals surface area contributed by atoms with Gasteiger partial charge in [0.2, 0.25) is 11.8 Å². The summed E-state index contributed by atoms with van der Waals surface area (Å²) < 4.78 is 12.3. The molecule has 3 rings (SSSR count). The Kier molecular flexibility index (Phi) is 4.98. The minimum atomic E-state index is -0.162. The lowest BCUT2D eigenvalue weighted by Gasteiger charge is -2.29. The van der Waals surface area contributed by atoms with E-state index in [0.717, 1.165) is 25.7 Å². The molecule has 0 aromatic carbocycles. The SMILES string of the molecule is COc1ccc(C(=O)NC2CCC(n3cccn3)CC2)c(OC)n1. The number of amides is 1. The van der Waals surface area contributed by atoms with Crippen molar-refractivity contribution in [1.82, 2.24) is 20.1 Å². The Bertz CT molecular complexity index is 679. The van der Waals surface area contributed by atoms with Crippen LogP contribution < -0.4 is 14.8 Å². The summed E-state index contributed by atoms with van der Waals surface area (Å²) in [4.78, 5) is 16.7. The van der Waals surface area contributed by atoms with Gasteiger partial charge in [-0.15, -0.1) is 0 Å². The van der Waals surface area contributed by atoms with Crippen LogP contribution in [-0.4, -0.2) is 40.9 Å². The van der Waals surface area contributed by atoms with E-state index in [2.05, 4.69) is 15.4 Å². The molecule has 0 radical (unpaired) electrons. The van der Waals surface area contributed by atoms with Crippen LogP contribution in [0.5, 0.6) is 11.8 Å². The molecule has 0 aliphatic heterocycles. The number of pyridine rings is 1. The van der Waals surface area contributed by atoms with Gasteiger partial charge in [-0.05, 0) is 37.8 Å². The lowest BCUT2D eigenvalue weighted by atomic mass is 9.91. The predicted molar refractivity (Wildman–Crippen MR) is 88.3 cm³/mol. The largest absolute Gasteiger partial charge is 0.481 e. The van der Waals surface area contributed by atoms with E-state index in [4.69, 9.17) is 9.47 Å². The predicted octanol–water partition coefficient (Wildman–Crippen LogP) is 2.21. The number of methoxy groups -OCH3 is 2. The fraction of sp³-hybridized carbons (Fsp3) is 0.471. The normalized spacial score (nSPS) is 20.4. The fourth-order valence-electron chi connectivity index (χ4n) is 3.11. The summed E-state index contributed by atoms with van der Waals surface area (Å²) in [7, 11) is 3.02. The van der Waals surface area contributed by atoms with Crippen LogP contribution in [0.3, 0.4) is 0 Å². The molecule has 1 amide bonds.